The average Bonchev–Trinajstić information content (AvgIpc) is 2.80. The summed E-state index contributed by atoms with van der Waals surface area (Å²) < 4.78 is 10.1. The Kier molecular flexibility index (Phi) is 3.31. The van der Waals surface area contributed by atoms with Crippen molar-refractivity contribution in [3.63, 3.8) is 0 Å². The third kappa shape index (κ3) is 2.01. The Morgan fingerprint density at radius 1 is 1.41 bits per heavy atom. The highest BCUT2D eigenvalue weighted by Crippen LogP contribution is 2.29. The first-order valence-electron chi connectivity index (χ1n) is 7.40. The second-order valence-corrected chi connectivity index (χ2v) is 6.65. The molecule has 5 nitrogen and oxygen atoms in total. The van der Waals surface area contributed by atoms with Crippen LogP contribution in [0.3, 0.4) is 0 Å². The lowest BCUT2D eigenvalue weighted by Gasteiger charge is -2.23. The van der Waals surface area contributed by atoms with E-state index in [2.05, 4.69) is 20.9 Å². The summed E-state index contributed by atoms with van der Waals surface area (Å²) in [6, 6.07) is 6.06. The average molecular weight is 362 g/mol. The van der Waals surface area contributed by atoms with Crippen LogP contribution in [0.15, 0.2) is 33.7 Å². The van der Waals surface area contributed by atoms with Gasteiger partial charge in [-0.05, 0) is 31.0 Å². The molecule has 0 amide bonds. The summed E-state index contributed by atoms with van der Waals surface area (Å²) in [5.41, 5.74) is 2.71. The summed E-state index contributed by atoms with van der Waals surface area (Å²) in [4.78, 5) is 17.2. The van der Waals surface area contributed by atoms with Gasteiger partial charge < -0.3 is 4.74 Å². The molecule has 3 heterocycles. The summed E-state index contributed by atoms with van der Waals surface area (Å²) in [7, 11) is 1.80. The van der Waals surface area contributed by atoms with Crippen molar-refractivity contribution in [2.75, 3.05) is 13.2 Å². The molecular formula is C16H16BrN3O2. The molecule has 1 saturated heterocycles. The number of hydrogen-bond acceptors (Lipinski definition) is 3. The molecule has 3 aromatic rings. The molecule has 0 saturated carbocycles. The molecule has 1 atom stereocenters. The van der Waals surface area contributed by atoms with Crippen LogP contribution in [0.25, 0.3) is 21.9 Å². The Morgan fingerprint density at radius 3 is 3.05 bits per heavy atom. The summed E-state index contributed by atoms with van der Waals surface area (Å²) in [5.74, 6) is 0. The highest BCUT2D eigenvalue weighted by molar-refractivity contribution is 9.10. The van der Waals surface area contributed by atoms with E-state index in [9.17, 15) is 4.79 Å². The standard InChI is InChI=1S/C16H16BrN3O2/c1-19-14-8-18-13-5-4-10(17)7-12(13)15(14)20(16(19)21)11-3-2-6-22-9-11/h4-5,7-8,11H,2-3,6,9H2,1H3/t11-/m1/s1. The predicted molar refractivity (Wildman–Crippen MR) is 89.3 cm³/mol. The number of ether oxygens (including phenoxy) is 1. The lowest BCUT2D eigenvalue weighted by atomic mass is 10.1. The van der Waals surface area contributed by atoms with E-state index in [0.29, 0.717) is 6.61 Å². The zero-order valence-electron chi connectivity index (χ0n) is 12.3. The topological polar surface area (TPSA) is 49.0 Å². The van der Waals surface area contributed by atoms with E-state index in [1.54, 1.807) is 17.8 Å². The molecule has 0 bridgehead atoms. The van der Waals surface area contributed by atoms with Crippen LogP contribution in [-0.2, 0) is 11.8 Å². The van der Waals surface area contributed by atoms with Crippen LogP contribution in [0.5, 0.6) is 0 Å². The number of benzene rings is 1. The Hall–Kier alpha value is -1.66. The van der Waals surface area contributed by atoms with E-state index in [0.717, 1.165) is 45.9 Å². The van der Waals surface area contributed by atoms with Gasteiger partial charge in [0, 0.05) is 23.5 Å². The van der Waals surface area contributed by atoms with Crippen LogP contribution in [0, 0.1) is 0 Å². The summed E-state index contributed by atoms with van der Waals surface area (Å²) in [5, 5.41) is 0.996. The molecular weight excluding hydrogens is 346 g/mol. The Bertz CT molecular complexity index is 922. The first-order chi connectivity index (χ1) is 10.7. The van der Waals surface area contributed by atoms with Crippen molar-refractivity contribution in [3.05, 3.63) is 39.4 Å². The fourth-order valence-electron chi connectivity index (χ4n) is 3.27. The molecule has 0 aliphatic carbocycles. The van der Waals surface area contributed by atoms with Gasteiger partial charge in [0.05, 0.1) is 35.4 Å². The first-order valence-corrected chi connectivity index (χ1v) is 8.19. The molecule has 0 N–H and O–H groups in total. The van der Waals surface area contributed by atoms with Crippen LogP contribution < -0.4 is 5.69 Å². The van der Waals surface area contributed by atoms with Gasteiger partial charge in [0.1, 0.15) is 0 Å². The minimum Gasteiger partial charge on any atom is -0.379 e. The number of imidazole rings is 1. The van der Waals surface area contributed by atoms with Crippen molar-refractivity contribution in [1.29, 1.82) is 0 Å². The van der Waals surface area contributed by atoms with Gasteiger partial charge in [0.15, 0.2) is 0 Å². The maximum Gasteiger partial charge on any atom is 0.329 e. The van der Waals surface area contributed by atoms with Gasteiger partial charge in [-0.15, -0.1) is 0 Å². The van der Waals surface area contributed by atoms with Crippen molar-refractivity contribution >= 4 is 37.9 Å². The molecule has 6 heteroatoms. The largest absolute Gasteiger partial charge is 0.379 e. The zero-order valence-corrected chi connectivity index (χ0v) is 13.8. The van der Waals surface area contributed by atoms with E-state index < -0.39 is 0 Å². The number of halogens is 1. The minimum atomic E-state index is -0.000208. The molecule has 1 aliphatic rings. The van der Waals surface area contributed by atoms with Crippen LogP contribution in [-0.4, -0.2) is 27.3 Å². The van der Waals surface area contributed by atoms with Crippen molar-refractivity contribution in [2.45, 2.75) is 18.9 Å². The van der Waals surface area contributed by atoms with E-state index in [1.165, 1.54) is 0 Å². The van der Waals surface area contributed by atoms with E-state index in [-0.39, 0.29) is 11.7 Å². The fraction of sp³-hybridized carbons (Fsp3) is 0.375. The Labute approximate surface area is 135 Å². The van der Waals surface area contributed by atoms with Crippen molar-refractivity contribution in [1.82, 2.24) is 14.1 Å². The molecule has 1 aliphatic heterocycles. The number of rotatable bonds is 1. The predicted octanol–water partition coefficient (Wildman–Crippen LogP) is 3.00. The molecule has 1 aromatic carbocycles. The van der Waals surface area contributed by atoms with Crippen molar-refractivity contribution in [3.8, 4) is 0 Å². The van der Waals surface area contributed by atoms with Crippen molar-refractivity contribution in [2.24, 2.45) is 7.05 Å². The molecule has 114 valence electrons. The van der Waals surface area contributed by atoms with E-state index >= 15 is 0 Å². The van der Waals surface area contributed by atoms with Crippen LogP contribution in [0.4, 0.5) is 0 Å². The van der Waals surface area contributed by atoms with Gasteiger partial charge in [-0.1, -0.05) is 15.9 Å². The van der Waals surface area contributed by atoms with Gasteiger partial charge in [-0.3, -0.25) is 14.1 Å². The molecule has 0 unspecified atom stereocenters. The highest BCUT2D eigenvalue weighted by Gasteiger charge is 2.23. The van der Waals surface area contributed by atoms with Gasteiger partial charge in [-0.2, -0.15) is 0 Å². The second-order valence-electron chi connectivity index (χ2n) is 5.74. The monoisotopic (exact) mass is 361 g/mol. The number of pyridine rings is 1. The number of aryl methyl sites for hydroxylation is 1. The fourth-order valence-corrected chi connectivity index (χ4v) is 3.63. The highest BCUT2D eigenvalue weighted by atomic mass is 79.9. The van der Waals surface area contributed by atoms with Crippen LogP contribution in [0.2, 0.25) is 0 Å². The quantitative estimate of drug-likeness (QED) is 0.669. The molecule has 22 heavy (non-hydrogen) atoms. The van der Waals surface area contributed by atoms with E-state index in [4.69, 9.17) is 4.74 Å². The third-order valence-electron chi connectivity index (χ3n) is 4.38. The lowest BCUT2D eigenvalue weighted by molar-refractivity contribution is 0.0593. The lowest BCUT2D eigenvalue weighted by Crippen LogP contribution is -2.31. The number of fused-ring (bicyclic) bond motifs is 3. The van der Waals surface area contributed by atoms with E-state index in [1.807, 2.05) is 22.8 Å². The smallest absolute Gasteiger partial charge is 0.329 e. The van der Waals surface area contributed by atoms with Gasteiger partial charge in [-0.25, -0.2) is 4.79 Å². The van der Waals surface area contributed by atoms with Gasteiger partial charge in [0.2, 0.25) is 0 Å². The van der Waals surface area contributed by atoms with Gasteiger partial charge in [0.25, 0.3) is 0 Å². The molecule has 2 aromatic heterocycles. The third-order valence-corrected chi connectivity index (χ3v) is 4.87. The van der Waals surface area contributed by atoms with Crippen LogP contribution >= 0.6 is 15.9 Å². The maximum absolute atomic E-state index is 12.7. The molecule has 4 rings (SSSR count). The van der Waals surface area contributed by atoms with Crippen molar-refractivity contribution < 1.29 is 4.74 Å². The first kappa shape index (κ1) is 14.0. The summed E-state index contributed by atoms with van der Waals surface area (Å²) in [6.07, 6.45) is 3.74. The molecule has 1 fully saturated rings. The summed E-state index contributed by atoms with van der Waals surface area (Å²) in [6.45, 7) is 1.38. The maximum atomic E-state index is 12.7. The summed E-state index contributed by atoms with van der Waals surface area (Å²) >= 11 is 3.52. The Balaban J connectivity index is 2.11. The van der Waals surface area contributed by atoms with Crippen LogP contribution in [0.1, 0.15) is 18.9 Å². The number of aromatic nitrogens is 3. The Morgan fingerprint density at radius 2 is 2.27 bits per heavy atom. The second kappa shape index (κ2) is 5.21. The normalized spacial score (nSPS) is 19.1. The number of hydrogen-bond donors (Lipinski definition) is 0. The molecule has 0 radical (unpaired) electrons. The number of nitrogens with zero attached hydrogens (tertiary/aromatic N) is 3. The minimum absolute atomic E-state index is 0.000208. The SMILES string of the molecule is Cn1c(=O)n([C@@H]2CCCOC2)c2c3cc(Br)ccc3ncc21. The van der Waals surface area contributed by atoms with Gasteiger partial charge >= 0.3 is 5.69 Å². The molecule has 0 spiro atoms. The zero-order chi connectivity index (χ0) is 15.3.